The molecule has 0 saturated heterocycles. The van der Waals surface area contributed by atoms with Gasteiger partial charge in [0.1, 0.15) is 6.10 Å². The molecule has 0 spiro atoms. The van der Waals surface area contributed by atoms with Crippen LogP contribution in [0.2, 0.25) is 0 Å². The number of ketones is 1. The second kappa shape index (κ2) is 8.78. The van der Waals surface area contributed by atoms with Gasteiger partial charge in [-0.25, -0.2) is 0 Å². The Balaban J connectivity index is 2.09. The number of allylic oxidation sites excluding steroid dienone is 1. The smallest absolute Gasteiger partial charge is 0.173 e. The van der Waals surface area contributed by atoms with Crippen LogP contribution in [0.1, 0.15) is 62.7 Å². The summed E-state index contributed by atoms with van der Waals surface area (Å²) in [6.07, 6.45) is 9.50. The maximum atomic E-state index is 12.6. The number of benzene rings is 1. The molecule has 1 aromatic carbocycles. The normalized spacial score (nSPS) is 18.8. The van der Waals surface area contributed by atoms with Gasteiger partial charge in [-0.2, -0.15) is 0 Å². The molecule has 2 rings (SSSR count). The first-order chi connectivity index (χ1) is 11.2. The van der Waals surface area contributed by atoms with E-state index in [9.17, 15) is 9.90 Å². The summed E-state index contributed by atoms with van der Waals surface area (Å²) in [5.74, 6) is -0.242. The number of fused-ring (bicyclic) bond motifs is 1. The predicted molar refractivity (Wildman–Crippen MR) is 95.6 cm³/mol. The van der Waals surface area contributed by atoms with Crippen LogP contribution in [0, 0.1) is 5.92 Å². The summed E-state index contributed by atoms with van der Waals surface area (Å²) in [4.78, 5) is 17.2. The number of rotatable bonds is 8. The Morgan fingerprint density at radius 2 is 2.00 bits per heavy atom. The minimum absolute atomic E-state index is 0.0727. The van der Waals surface area contributed by atoms with Crippen molar-refractivity contribution in [2.24, 2.45) is 10.9 Å². The molecule has 3 heteroatoms. The minimum Gasteiger partial charge on any atom is -0.383 e. The zero-order valence-electron chi connectivity index (χ0n) is 14.2. The molecule has 0 aromatic heterocycles. The molecule has 1 aliphatic heterocycles. The van der Waals surface area contributed by atoms with Gasteiger partial charge in [-0.1, -0.05) is 57.4 Å². The zero-order chi connectivity index (χ0) is 16.7. The third-order valence-electron chi connectivity index (χ3n) is 4.35. The lowest BCUT2D eigenvalue weighted by Crippen LogP contribution is -2.34. The summed E-state index contributed by atoms with van der Waals surface area (Å²) < 4.78 is 0. The number of hydrogen-bond donors (Lipinski definition) is 1. The maximum Gasteiger partial charge on any atom is 0.173 e. The Morgan fingerprint density at radius 3 is 2.74 bits per heavy atom. The number of aliphatic imine (C=N–C) groups is 1. The van der Waals surface area contributed by atoms with Gasteiger partial charge in [0.05, 0.1) is 17.3 Å². The van der Waals surface area contributed by atoms with Gasteiger partial charge in [0.25, 0.3) is 0 Å². The van der Waals surface area contributed by atoms with Crippen LogP contribution in [0.25, 0.3) is 0 Å². The highest BCUT2D eigenvalue weighted by Crippen LogP contribution is 2.31. The first kappa shape index (κ1) is 17.6. The second-order valence-electron chi connectivity index (χ2n) is 6.10. The monoisotopic (exact) mass is 313 g/mol. The van der Waals surface area contributed by atoms with Crippen LogP contribution in [0.3, 0.4) is 0 Å². The summed E-state index contributed by atoms with van der Waals surface area (Å²) in [7, 11) is 0. The average Bonchev–Trinajstić information content (AvgIpc) is 2.57. The van der Waals surface area contributed by atoms with Crippen LogP contribution < -0.4 is 0 Å². The zero-order valence-corrected chi connectivity index (χ0v) is 14.2. The first-order valence-corrected chi connectivity index (χ1v) is 8.75. The molecule has 0 fully saturated rings. The Hall–Kier alpha value is -1.74. The van der Waals surface area contributed by atoms with Crippen LogP contribution in [-0.2, 0) is 0 Å². The lowest BCUT2D eigenvalue weighted by Gasteiger charge is -2.24. The van der Waals surface area contributed by atoms with E-state index in [1.807, 2.05) is 37.3 Å². The fourth-order valence-electron chi connectivity index (χ4n) is 3.00. The number of hydrogen-bond acceptors (Lipinski definition) is 3. The van der Waals surface area contributed by atoms with E-state index in [0.717, 1.165) is 12.8 Å². The van der Waals surface area contributed by atoms with Crippen molar-refractivity contribution in [1.82, 2.24) is 0 Å². The van der Waals surface area contributed by atoms with Gasteiger partial charge in [0.2, 0.25) is 0 Å². The highest BCUT2D eigenvalue weighted by Gasteiger charge is 2.32. The van der Waals surface area contributed by atoms with Crippen LogP contribution in [0.15, 0.2) is 41.4 Å². The Labute approximate surface area is 139 Å². The van der Waals surface area contributed by atoms with E-state index < -0.39 is 6.10 Å². The van der Waals surface area contributed by atoms with Crippen molar-refractivity contribution >= 4 is 17.2 Å². The fourth-order valence-corrected chi connectivity index (χ4v) is 3.00. The van der Waals surface area contributed by atoms with E-state index >= 15 is 0 Å². The van der Waals surface area contributed by atoms with Gasteiger partial charge >= 0.3 is 0 Å². The molecule has 1 aliphatic rings. The third-order valence-corrected chi connectivity index (χ3v) is 4.35. The van der Waals surface area contributed by atoms with Crippen molar-refractivity contribution in [2.45, 2.75) is 58.5 Å². The molecule has 1 heterocycles. The van der Waals surface area contributed by atoms with Gasteiger partial charge in [-0.05, 0) is 31.4 Å². The van der Waals surface area contributed by atoms with Crippen molar-refractivity contribution in [1.29, 1.82) is 0 Å². The standard InChI is InChI=1S/C20H27NO2/c1-3-5-6-7-8-9-14-18(22)19-15(4-2)20(23)16-12-10-11-13-17(16)21-19/h9-15,18,22H,3-8H2,1-2H3. The third kappa shape index (κ3) is 4.38. The molecule has 1 N–H and O–H groups in total. The highest BCUT2D eigenvalue weighted by molar-refractivity contribution is 6.19. The number of aliphatic hydroxyl groups is 1. The minimum atomic E-state index is -0.775. The summed E-state index contributed by atoms with van der Waals surface area (Å²) in [5.41, 5.74) is 1.92. The molecule has 124 valence electrons. The molecule has 2 atom stereocenters. The molecule has 0 amide bonds. The molecule has 0 saturated carbocycles. The van der Waals surface area contributed by atoms with Gasteiger partial charge in [0, 0.05) is 5.56 Å². The van der Waals surface area contributed by atoms with E-state index in [0.29, 0.717) is 23.4 Å². The number of nitrogens with zero attached hydrogens (tertiary/aromatic N) is 1. The summed E-state index contributed by atoms with van der Waals surface area (Å²) in [6, 6.07) is 7.38. The Bertz CT molecular complexity index is 589. The quantitative estimate of drug-likeness (QED) is 0.550. The van der Waals surface area contributed by atoms with Gasteiger partial charge in [-0.3, -0.25) is 9.79 Å². The van der Waals surface area contributed by atoms with Crippen LogP contribution in [-0.4, -0.2) is 22.7 Å². The number of aliphatic hydroxyl groups excluding tert-OH is 1. The summed E-state index contributed by atoms with van der Waals surface area (Å²) in [6.45, 7) is 4.16. The van der Waals surface area contributed by atoms with Gasteiger partial charge < -0.3 is 5.11 Å². The van der Waals surface area contributed by atoms with Crippen molar-refractivity contribution in [3.05, 3.63) is 42.0 Å². The van der Waals surface area contributed by atoms with Gasteiger partial charge in [0.15, 0.2) is 5.78 Å². The predicted octanol–water partition coefficient (Wildman–Crippen LogP) is 4.87. The van der Waals surface area contributed by atoms with Crippen LogP contribution in [0.5, 0.6) is 0 Å². The van der Waals surface area contributed by atoms with Crippen LogP contribution >= 0.6 is 0 Å². The lowest BCUT2D eigenvalue weighted by atomic mass is 9.85. The number of para-hydroxylation sites is 1. The molecule has 1 aromatic rings. The van der Waals surface area contributed by atoms with Gasteiger partial charge in [-0.15, -0.1) is 0 Å². The molecule has 3 nitrogen and oxygen atoms in total. The molecule has 0 aliphatic carbocycles. The maximum absolute atomic E-state index is 12.6. The fraction of sp³-hybridized carbons (Fsp3) is 0.500. The van der Waals surface area contributed by atoms with Crippen molar-refractivity contribution in [2.75, 3.05) is 0 Å². The highest BCUT2D eigenvalue weighted by atomic mass is 16.3. The molecular formula is C20H27NO2. The summed E-state index contributed by atoms with van der Waals surface area (Å²) >= 11 is 0. The number of Topliss-reactive ketones (excluding diaryl/α,β-unsaturated/α-hetero) is 1. The number of unbranched alkanes of at least 4 members (excludes halogenated alkanes) is 4. The lowest BCUT2D eigenvalue weighted by molar-refractivity contribution is 0.0944. The molecule has 0 radical (unpaired) electrons. The molecular weight excluding hydrogens is 286 g/mol. The topological polar surface area (TPSA) is 49.7 Å². The van der Waals surface area contributed by atoms with Crippen molar-refractivity contribution in [3.63, 3.8) is 0 Å². The summed E-state index contributed by atoms with van der Waals surface area (Å²) in [5, 5.41) is 10.5. The largest absolute Gasteiger partial charge is 0.383 e. The first-order valence-electron chi connectivity index (χ1n) is 8.75. The van der Waals surface area contributed by atoms with E-state index in [1.165, 1.54) is 19.3 Å². The van der Waals surface area contributed by atoms with Crippen LogP contribution in [0.4, 0.5) is 5.69 Å². The Kier molecular flexibility index (Phi) is 6.72. The van der Waals surface area contributed by atoms with E-state index in [2.05, 4.69) is 11.9 Å². The molecule has 23 heavy (non-hydrogen) atoms. The average molecular weight is 313 g/mol. The van der Waals surface area contributed by atoms with Crippen molar-refractivity contribution < 1.29 is 9.90 Å². The molecule has 2 unspecified atom stereocenters. The van der Waals surface area contributed by atoms with E-state index in [4.69, 9.17) is 0 Å². The SMILES string of the molecule is CCCCCCC=CC(O)C1=Nc2ccccc2C(=O)C1CC. The number of carbonyl (C=O) groups is 1. The Morgan fingerprint density at radius 1 is 1.22 bits per heavy atom. The van der Waals surface area contributed by atoms with E-state index in [-0.39, 0.29) is 11.7 Å². The van der Waals surface area contributed by atoms with Crippen molar-refractivity contribution in [3.8, 4) is 0 Å². The second-order valence-corrected chi connectivity index (χ2v) is 6.10. The number of carbonyl (C=O) groups excluding carboxylic acids is 1. The molecule has 0 bridgehead atoms. The van der Waals surface area contributed by atoms with E-state index in [1.54, 1.807) is 6.08 Å².